The van der Waals surface area contributed by atoms with Gasteiger partial charge in [0, 0.05) is 44.9 Å². The zero-order valence-corrected chi connectivity index (χ0v) is 11.9. The normalized spacial score (nSPS) is 11.9. The number of hydrogen-bond acceptors (Lipinski definition) is 4. The van der Waals surface area contributed by atoms with Gasteiger partial charge in [0.15, 0.2) is 0 Å². The van der Waals surface area contributed by atoms with Crippen LogP contribution in [0.2, 0.25) is 0 Å². The Bertz CT molecular complexity index is 440. The van der Waals surface area contributed by atoms with Crippen LogP contribution in [0, 0.1) is 0 Å². The zero-order chi connectivity index (χ0) is 13.4. The molecule has 0 saturated carbocycles. The van der Waals surface area contributed by atoms with Crippen LogP contribution in [0.1, 0.15) is 12.1 Å². The summed E-state index contributed by atoms with van der Waals surface area (Å²) >= 11 is 0. The molecule has 1 rings (SSSR count). The first-order chi connectivity index (χ1) is 8.53. The van der Waals surface area contributed by atoms with Crippen LogP contribution in [0.15, 0.2) is 18.3 Å². The molecular weight excluding hydrogens is 252 g/mol. The van der Waals surface area contributed by atoms with Crippen LogP contribution in [-0.2, 0) is 27.7 Å². The lowest BCUT2D eigenvalue weighted by molar-refractivity contribution is 0.199. The van der Waals surface area contributed by atoms with Crippen molar-refractivity contribution in [3.8, 4) is 0 Å². The molecule has 1 N–H and O–H groups in total. The van der Waals surface area contributed by atoms with Gasteiger partial charge in [-0.25, -0.2) is 8.42 Å². The minimum Gasteiger partial charge on any atom is -0.383 e. The average molecular weight is 274 g/mol. The van der Waals surface area contributed by atoms with Gasteiger partial charge in [0.2, 0.25) is 0 Å². The fourth-order valence-electron chi connectivity index (χ4n) is 1.72. The standard InChI is InChI=1S/C12H22N2O3S/c1-17-9-6-13-11-12-5-3-7-14(12)8-4-10-18(2,15)16/h3,5,7,13H,4,6,8-11H2,1-2H3. The Hall–Kier alpha value is -0.850. The quantitative estimate of drug-likeness (QED) is 0.672. The third kappa shape index (κ3) is 6.18. The maximum Gasteiger partial charge on any atom is 0.147 e. The summed E-state index contributed by atoms with van der Waals surface area (Å²) < 4.78 is 29.2. The Morgan fingerprint density at radius 3 is 2.89 bits per heavy atom. The van der Waals surface area contributed by atoms with Gasteiger partial charge in [-0.15, -0.1) is 0 Å². The number of aromatic nitrogens is 1. The Morgan fingerprint density at radius 1 is 1.44 bits per heavy atom. The molecule has 0 atom stereocenters. The Labute approximate surface area is 109 Å². The summed E-state index contributed by atoms with van der Waals surface area (Å²) in [4.78, 5) is 0. The first kappa shape index (κ1) is 15.2. The van der Waals surface area contributed by atoms with E-state index >= 15 is 0 Å². The van der Waals surface area contributed by atoms with E-state index in [0.29, 0.717) is 13.0 Å². The predicted octanol–water partition coefficient (Wildman–Crippen LogP) is 0.659. The summed E-state index contributed by atoms with van der Waals surface area (Å²) in [6, 6.07) is 4.02. The van der Waals surface area contributed by atoms with Crippen LogP contribution in [0.3, 0.4) is 0 Å². The van der Waals surface area contributed by atoms with E-state index in [-0.39, 0.29) is 5.75 Å². The van der Waals surface area contributed by atoms with E-state index in [2.05, 4.69) is 9.88 Å². The van der Waals surface area contributed by atoms with Crippen molar-refractivity contribution in [3.05, 3.63) is 24.0 Å². The molecule has 18 heavy (non-hydrogen) atoms. The molecule has 1 aromatic rings. The first-order valence-electron chi connectivity index (χ1n) is 6.04. The number of rotatable bonds is 9. The summed E-state index contributed by atoms with van der Waals surface area (Å²) in [5.74, 6) is 0.238. The average Bonchev–Trinajstić information content (AvgIpc) is 2.71. The second-order valence-electron chi connectivity index (χ2n) is 4.35. The van der Waals surface area contributed by atoms with Crippen LogP contribution in [0.5, 0.6) is 0 Å². The lowest BCUT2D eigenvalue weighted by Gasteiger charge is -2.09. The van der Waals surface area contributed by atoms with E-state index in [1.807, 2.05) is 18.3 Å². The number of nitrogens with one attached hydrogen (secondary N) is 1. The van der Waals surface area contributed by atoms with E-state index < -0.39 is 9.84 Å². The molecule has 0 spiro atoms. The van der Waals surface area contributed by atoms with Crippen molar-refractivity contribution in [1.82, 2.24) is 9.88 Å². The molecule has 0 aromatic carbocycles. The van der Waals surface area contributed by atoms with Crippen molar-refractivity contribution in [2.75, 3.05) is 32.3 Å². The van der Waals surface area contributed by atoms with Gasteiger partial charge < -0.3 is 14.6 Å². The summed E-state index contributed by atoms with van der Waals surface area (Å²) in [7, 11) is -1.18. The number of nitrogens with zero attached hydrogens (tertiary/aromatic N) is 1. The Balaban J connectivity index is 2.35. The lowest BCUT2D eigenvalue weighted by Crippen LogP contribution is -2.20. The van der Waals surface area contributed by atoms with Crippen molar-refractivity contribution < 1.29 is 13.2 Å². The maximum absolute atomic E-state index is 11.1. The molecule has 0 saturated heterocycles. The van der Waals surface area contributed by atoms with Gasteiger partial charge in [-0.1, -0.05) is 0 Å². The highest BCUT2D eigenvalue weighted by Gasteiger charge is 2.04. The van der Waals surface area contributed by atoms with E-state index in [4.69, 9.17) is 4.74 Å². The van der Waals surface area contributed by atoms with Crippen LogP contribution in [0.25, 0.3) is 0 Å². The molecule has 0 aliphatic carbocycles. The minimum absolute atomic E-state index is 0.238. The molecule has 0 unspecified atom stereocenters. The van der Waals surface area contributed by atoms with Gasteiger partial charge in [-0.05, 0) is 18.6 Å². The fraction of sp³-hybridized carbons (Fsp3) is 0.667. The van der Waals surface area contributed by atoms with E-state index in [9.17, 15) is 8.42 Å². The van der Waals surface area contributed by atoms with Gasteiger partial charge in [0.25, 0.3) is 0 Å². The number of aryl methyl sites for hydroxylation is 1. The van der Waals surface area contributed by atoms with Gasteiger partial charge >= 0.3 is 0 Å². The second-order valence-corrected chi connectivity index (χ2v) is 6.61. The van der Waals surface area contributed by atoms with Crippen molar-refractivity contribution in [3.63, 3.8) is 0 Å². The van der Waals surface area contributed by atoms with Crippen molar-refractivity contribution in [2.24, 2.45) is 0 Å². The largest absolute Gasteiger partial charge is 0.383 e. The van der Waals surface area contributed by atoms with Crippen LogP contribution in [-0.4, -0.2) is 45.3 Å². The molecule has 0 fully saturated rings. The molecule has 1 heterocycles. The lowest BCUT2D eigenvalue weighted by atomic mass is 10.4. The number of sulfone groups is 1. The van der Waals surface area contributed by atoms with Crippen molar-refractivity contribution >= 4 is 9.84 Å². The van der Waals surface area contributed by atoms with Gasteiger partial charge in [0.1, 0.15) is 9.84 Å². The summed E-state index contributed by atoms with van der Waals surface area (Å²) in [5.41, 5.74) is 1.17. The number of methoxy groups -OCH3 is 1. The third-order valence-electron chi connectivity index (χ3n) is 2.63. The molecule has 0 bridgehead atoms. The number of ether oxygens (including phenoxy) is 1. The summed E-state index contributed by atoms with van der Waals surface area (Å²) in [6.45, 7) is 3.01. The molecule has 1 aromatic heterocycles. The molecule has 104 valence electrons. The van der Waals surface area contributed by atoms with Gasteiger partial charge in [0.05, 0.1) is 12.4 Å². The molecule has 5 nitrogen and oxygen atoms in total. The molecule has 6 heteroatoms. The molecule has 0 aliphatic heterocycles. The number of hydrogen-bond donors (Lipinski definition) is 1. The van der Waals surface area contributed by atoms with E-state index in [1.54, 1.807) is 7.11 Å². The monoisotopic (exact) mass is 274 g/mol. The first-order valence-corrected chi connectivity index (χ1v) is 8.10. The highest BCUT2D eigenvalue weighted by molar-refractivity contribution is 7.90. The summed E-state index contributed by atoms with van der Waals surface area (Å²) in [5, 5.41) is 3.27. The van der Waals surface area contributed by atoms with E-state index in [1.165, 1.54) is 11.9 Å². The van der Waals surface area contributed by atoms with Crippen LogP contribution >= 0.6 is 0 Å². The Morgan fingerprint density at radius 2 is 2.22 bits per heavy atom. The highest BCUT2D eigenvalue weighted by Crippen LogP contribution is 2.04. The van der Waals surface area contributed by atoms with Crippen LogP contribution < -0.4 is 5.32 Å². The minimum atomic E-state index is -2.86. The van der Waals surface area contributed by atoms with Crippen molar-refractivity contribution in [2.45, 2.75) is 19.5 Å². The fourth-order valence-corrected chi connectivity index (χ4v) is 2.37. The molecule has 0 amide bonds. The Kier molecular flexibility index (Phi) is 6.38. The van der Waals surface area contributed by atoms with Gasteiger partial charge in [-0.2, -0.15) is 0 Å². The maximum atomic E-state index is 11.1. The topological polar surface area (TPSA) is 60.3 Å². The summed E-state index contributed by atoms with van der Waals surface area (Å²) in [6.07, 6.45) is 3.91. The molecular formula is C12H22N2O3S. The highest BCUT2D eigenvalue weighted by atomic mass is 32.2. The van der Waals surface area contributed by atoms with E-state index in [0.717, 1.165) is 19.6 Å². The molecule has 0 radical (unpaired) electrons. The third-order valence-corrected chi connectivity index (χ3v) is 3.66. The van der Waals surface area contributed by atoms with Gasteiger partial charge in [-0.3, -0.25) is 0 Å². The SMILES string of the molecule is COCCNCc1cccn1CCCS(C)(=O)=O. The zero-order valence-electron chi connectivity index (χ0n) is 11.1. The van der Waals surface area contributed by atoms with Crippen molar-refractivity contribution in [1.29, 1.82) is 0 Å². The smallest absolute Gasteiger partial charge is 0.147 e. The second kappa shape index (κ2) is 7.56. The predicted molar refractivity (Wildman–Crippen MR) is 72.3 cm³/mol. The van der Waals surface area contributed by atoms with Crippen LogP contribution in [0.4, 0.5) is 0 Å². The molecule has 0 aliphatic rings.